The number of nitrogens with one attached hydrogen (secondary N) is 1. The predicted octanol–water partition coefficient (Wildman–Crippen LogP) is 3.63. The van der Waals surface area contributed by atoms with Crippen molar-refractivity contribution in [2.45, 2.75) is 25.7 Å². The van der Waals surface area contributed by atoms with Gasteiger partial charge < -0.3 is 15.2 Å². The van der Waals surface area contributed by atoms with E-state index in [1.165, 1.54) is 0 Å². The van der Waals surface area contributed by atoms with Gasteiger partial charge in [-0.25, -0.2) is 0 Å². The standard InChI is InChI=1S/C19H21NO4/c1-12(14-7-9-17(24-3)10-8-14)18(21)20-16-6-4-5-15(11-16)13(2)19(22)23/h4-13H,1-3H3,(H,20,21)(H,22,23). The average molecular weight is 327 g/mol. The van der Waals surface area contributed by atoms with Gasteiger partial charge in [0.25, 0.3) is 0 Å². The Kier molecular flexibility index (Phi) is 5.58. The molecule has 2 aromatic rings. The van der Waals surface area contributed by atoms with Gasteiger partial charge in [0.15, 0.2) is 0 Å². The number of hydrogen-bond donors (Lipinski definition) is 2. The largest absolute Gasteiger partial charge is 0.497 e. The molecular weight excluding hydrogens is 306 g/mol. The van der Waals surface area contributed by atoms with Crippen LogP contribution in [0.2, 0.25) is 0 Å². The van der Waals surface area contributed by atoms with Crippen LogP contribution >= 0.6 is 0 Å². The quantitative estimate of drug-likeness (QED) is 0.849. The third-order valence-electron chi connectivity index (χ3n) is 4.03. The summed E-state index contributed by atoms with van der Waals surface area (Å²) in [4.78, 5) is 23.5. The van der Waals surface area contributed by atoms with Crippen LogP contribution in [0.25, 0.3) is 0 Å². The SMILES string of the molecule is COc1ccc(C(C)C(=O)Nc2cccc(C(C)C(=O)O)c2)cc1. The van der Waals surface area contributed by atoms with Crippen molar-refractivity contribution in [3.8, 4) is 5.75 Å². The number of anilines is 1. The molecule has 0 aliphatic carbocycles. The first-order valence-corrected chi connectivity index (χ1v) is 7.70. The maximum Gasteiger partial charge on any atom is 0.310 e. The van der Waals surface area contributed by atoms with Gasteiger partial charge in [-0.1, -0.05) is 24.3 Å². The van der Waals surface area contributed by atoms with E-state index in [-0.39, 0.29) is 11.8 Å². The van der Waals surface area contributed by atoms with E-state index in [4.69, 9.17) is 9.84 Å². The number of ether oxygens (including phenoxy) is 1. The molecule has 5 heteroatoms. The summed E-state index contributed by atoms with van der Waals surface area (Å²) in [5.41, 5.74) is 2.12. The van der Waals surface area contributed by atoms with Gasteiger partial charge in [-0.05, 0) is 49.2 Å². The van der Waals surface area contributed by atoms with E-state index in [1.807, 2.05) is 31.2 Å². The first-order valence-electron chi connectivity index (χ1n) is 7.70. The highest BCUT2D eigenvalue weighted by atomic mass is 16.5. The van der Waals surface area contributed by atoms with Crippen LogP contribution < -0.4 is 10.1 Å². The normalized spacial score (nSPS) is 13.0. The molecule has 2 atom stereocenters. The molecule has 0 radical (unpaired) electrons. The molecule has 1 amide bonds. The Labute approximate surface area is 141 Å². The van der Waals surface area contributed by atoms with Gasteiger partial charge in [-0.2, -0.15) is 0 Å². The van der Waals surface area contributed by atoms with Crippen molar-refractivity contribution in [3.63, 3.8) is 0 Å². The lowest BCUT2D eigenvalue weighted by molar-refractivity contribution is -0.138. The Morgan fingerprint density at radius 3 is 2.25 bits per heavy atom. The lowest BCUT2D eigenvalue weighted by Gasteiger charge is -2.14. The molecule has 2 unspecified atom stereocenters. The second-order valence-electron chi connectivity index (χ2n) is 5.67. The lowest BCUT2D eigenvalue weighted by Crippen LogP contribution is -2.19. The lowest BCUT2D eigenvalue weighted by atomic mass is 9.99. The molecule has 126 valence electrons. The number of carbonyl (C=O) groups excluding carboxylic acids is 1. The van der Waals surface area contributed by atoms with Crippen molar-refractivity contribution in [2.24, 2.45) is 0 Å². The van der Waals surface area contributed by atoms with Gasteiger partial charge in [-0.15, -0.1) is 0 Å². The van der Waals surface area contributed by atoms with Crippen molar-refractivity contribution in [1.29, 1.82) is 0 Å². The third-order valence-corrected chi connectivity index (χ3v) is 4.03. The monoisotopic (exact) mass is 327 g/mol. The van der Waals surface area contributed by atoms with Crippen molar-refractivity contribution in [1.82, 2.24) is 0 Å². The Balaban J connectivity index is 2.10. The van der Waals surface area contributed by atoms with Crippen LogP contribution in [0.15, 0.2) is 48.5 Å². The highest BCUT2D eigenvalue weighted by Crippen LogP contribution is 2.23. The molecule has 0 aliphatic heterocycles. The van der Waals surface area contributed by atoms with E-state index >= 15 is 0 Å². The number of amides is 1. The van der Waals surface area contributed by atoms with Gasteiger partial charge in [0.1, 0.15) is 5.75 Å². The van der Waals surface area contributed by atoms with E-state index in [2.05, 4.69) is 5.32 Å². The summed E-state index contributed by atoms with van der Waals surface area (Å²) in [6.07, 6.45) is 0. The van der Waals surface area contributed by atoms with Crippen LogP contribution in [0.3, 0.4) is 0 Å². The molecule has 2 N–H and O–H groups in total. The summed E-state index contributed by atoms with van der Waals surface area (Å²) >= 11 is 0. The van der Waals surface area contributed by atoms with Gasteiger partial charge in [0.05, 0.1) is 18.9 Å². The zero-order chi connectivity index (χ0) is 17.7. The molecule has 0 bridgehead atoms. The average Bonchev–Trinajstić information content (AvgIpc) is 2.60. The number of carbonyl (C=O) groups is 2. The van der Waals surface area contributed by atoms with Crippen LogP contribution in [-0.4, -0.2) is 24.1 Å². The van der Waals surface area contributed by atoms with E-state index in [0.717, 1.165) is 11.3 Å². The van der Waals surface area contributed by atoms with Crippen LogP contribution in [0.1, 0.15) is 36.8 Å². The van der Waals surface area contributed by atoms with Crippen LogP contribution in [0, 0.1) is 0 Å². The van der Waals surface area contributed by atoms with Gasteiger partial charge in [-0.3, -0.25) is 9.59 Å². The van der Waals surface area contributed by atoms with Gasteiger partial charge in [0, 0.05) is 5.69 Å². The fraction of sp³-hybridized carbons (Fsp3) is 0.263. The molecule has 0 saturated heterocycles. The third kappa shape index (κ3) is 4.13. The molecular formula is C19H21NO4. The maximum atomic E-state index is 12.4. The maximum absolute atomic E-state index is 12.4. The van der Waals surface area contributed by atoms with Crippen molar-refractivity contribution in [3.05, 3.63) is 59.7 Å². The second kappa shape index (κ2) is 7.64. The smallest absolute Gasteiger partial charge is 0.310 e. The topological polar surface area (TPSA) is 75.6 Å². The molecule has 2 rings (SSSR count). The summed E-state index contributed by atoms with van der Waals surface area (Å²) < 4.78 is 5.11. The van der Waals surface area contributed by atoms with E-state index < -0.39 is 11.9 Å². The minimum atomic E-state index is -0.898. The number of methoxy groups -OCH3 is 1. The highest BCUT2D eigenvalue weighted by molar-refractivity contribution is 5.95. The molecule has 24 heavy (non-hydrogen) atoms. The van der Waals surface area contributed by atoms with Crippen molar-refractivity contribution >= 4 is 17.6 Å². The second-order valence-corrected chi connectivity index (χ2v) is 5.67. The summed E-state index contributed by atoms with van der Waals surface area (Å²) in [6, 6.07) is 14.2. The van der Waals surface area contributed by atoms with Crippen molar-refractivity contribution < 1.29 is 19.4 Å². The number of rotatable bonds is 6. The fourth-order valence-corrected chi connectivity index (χ4v) is 2.32. The number of carboxylic acid groups (broad SMARTS) is 1. The summed E-state index contributed by atoms with van der Waals surface area (Å²) in [7, 11) is 1.59. The zero-order valence-corrected chi connectivity index (χ0v) is 13.9. The predicted molar refractivity (Wildman–Crippen MR) is 92.5 cm³/mol. The van der Waals surface area contributed by atoms with Gasteiger partial charge in [0.2, 0.25) is 5.91 Å². The van der Waals surface area contributed by atoms with Gasteiger partial charge >= 0.3 is 5.97 Å². The van der Waals surface area contributed by atoms with E-state index in [9.17, 15) is 9.59 Å². The Morgan fingerprint density at radius 2 is 1.67 bits per heavy atom. The molecule has 0 aliphatic rings. The Bertz CT molecular complexity index is 724. The van der Waals surface area contributed by atoms with Crippen molar-refractivity contribution in [2.75, 3.05) is 12.4 Å². The molecule has 0 fully saturated rings. The molecule has 5 nitrogen and oxygen atoms in total. The first-order chi connectivity index (χ1) is 11.4. The molecule has 2 aromatic carbocycles. The molecule has 0 spiro atoms. The fourth-order valence-electron chi connectivity index (χ4n) is 2.32. The highest BCUT2D eigenvalue weighted by Gasteiger charge is 2.17. The van der Waals surface area contributed by atoms with E-state index in [0.29, 0.717) is 11.3 Å². The van der Waals surface area contributed by atoms with Crippen LogP contribution in [-0.2, 0) is 9.59 Å². The number of benzene rings is 2. The first kappa shape index (κ1) is 17.5. The Morgan fingerprint density at radius 1 is 1.00 bits per heavy atom. The number of hydrogen-bond acceptors (Lipinski definition) is 3. The Hall–Kier alpha value is -2.82. The van der Waals surface area contributed by atoms with Crippen LogP contribution in [0.4, 0.5) is 5.69 Å². The summed E-state index contributed by atoms with van der Waals surface area (Å²) in [5.74, 6) is -1.27. The molecule has 0 heterocycles. The molecule has 0 aromatic heterocycles. The molecule has 0 saturated carbocycles. The number of carboxylic acids is 1. The summed E-state index contributed by atoms with van der Waals surface area (Å²) in [6.45, 7) is 3.43. The van der Waals surface area contributed by atoms with Crippen LogP contribution in [0.5, 0.6) is 5.75 Å². The number of aliphatic carboxylic acids is 1. The summed E-state index contributed by atoms with van der Waals surface area (Å²) in [5, 5.41) is 11.9. The zero-order valence-electron chi connectivity index (χ0n) is 13.9. The minimum Gasteiger partial charge on any atom is -0.497 e. The van der Waals surface area contributed by atoms with E-state index in [1.54, 1.807) is 38.3 Å². The minimum absolute atomic E-state index is 0.153.